The Hall–Kier alpha value is -0.930. The van der Waals surface area contributed by atoms with Crippen molar-refractivity contribution in [3.8, 4) is 0 Å². The van der Waals surface area contributed by atoms with Crippen LogP contribution >= 0.6 is 0 Å². The van der Waals surface area contributed by atoms with Gasteiger partial charge in [0.1, 0.15) is 0 Å². The van der Waals surface area contributed by atoms with Crippen LogP contribution in [0.15, 0.2) is 18.5 Å². The quantitative estimate of drug-likeness (QED) is 0.819. The Morgan fingerprint density at radius 3 is 2.78 bits per heavy atom. The zero-order valence-electron chi connectivity index (χ0n) is 11.4. The highest BCUT2D eigenvalue weighted by Crippen LogP contribution is 2.45. The summed E-state index contributed by atoms with van der Waals surface area (Å²) < 4.78 is 0. The van der Waals surface area contributed by atoms with E-state index in [9.17, 15) is 0 Å². The second-order valence-electron chi connectivity index (χ2n) is 6.13. The summed E-state index contributed by atoms with van der Waals surface area (Å²) in [5, 5.41) is 0. The minimum Gasteiger partial charge on any atom is -0.327 e. The molecular formula is C15H23N3. The number of likely N-dealkylation sites (tertiary alicyclic amines) is 1. The molecule has 3 nitrogen and oxygen atoms in total. The Labute approximate surface area is 109 Å². The largest absolute Gasteiger partial charge is 0.327 e. The molecule has 3 heteroatoms. The number of nitrogens with two attached hydrogens (primary N) is 1. The van der Waals surface area contributed by atoms with Gasteiger partial charge < -0.3 is 10.6 Å². The van der Waals surface area contributed by atoms with Crippen molar-refractivity contribution in [1.82, 2.24) is 9.88 Å². The van der Waals surface area contributed by atoms with Crippen LogP contribution in [0.4, 0.5) is 0 Å². The van der Waals surface area contributed by atoms with E-state index in [2.05, 4.69) is 36.0 Å². The van der Waals surface area contributed by atoms with Crippen molar-refractivity contribution in [2.75, 3.05) is 13.1 Å². The van der Waals surface area contributed by atoms with Crippen LogP contribution < -0.4 is 5.73 Å². The van der Waals surface area contributed by atoms with Gasteiger partial charge in [0.15, 0.2) is 0 Å². The number of piperidine rings is 1. The van der Waals surface area contributed by atoms with E-state index in [0.29, 0.717) is 6.04 Å². The molecule has 1 aromatic heterocycles. The van der Waals surface area contributed by atoms with Crippen LogP contribution in [0.1, 0.15) is 37.8 Å². The number of fused-ring (bicyclic) bond motifs is 2. The average Bonchev–Trinajstić information content (AvgIpc) is 2.64. The summed E-state index contributed by atoms with van der Waals surface area (Å²) in [6, 6.07) is 3.08. The van der Waals surface area contributed by atoms with Crippen LogP contribution in [0, 0.1) is 0 Å². The molecule has 0 radical (unpaired) electrons. The van der Waals surface area contributed by atoms with Gasteiger partial charge in [-0.2, -0.15) is 0 Å². The smallest absolute Gasteiger partial charge is 0.0308 e. The first-order valence-corrected chi connectivity index (χ1v) is 7.06. The fourth-order valence-electron chi connectivity index (χ4n) is 3.76. The van der Waals surface area contributed by atoms with E-state index in [0.717, 1.165) is 6.42 Å². The van der Waals surface area contributed by atoms with Crippen LogP contribution in [0.5, 0.6) is 0 Å². The van der Waals surface area contributed by atoms with Gasteiger partial charge in [0.2, 0.25) is 0 Å². The molecule has 1 aliphatic carbocycles. The molecule has 98 valence electrons. The van der Waals surface area contributed by atoms with Crippen LogP contribution in [0.25, 0.3) is 0 Å². The topological polar surface area (TPSA) is 42.2 Å². The third-order valence-corrected chi connectivity index (χ3v) is 5.02. The number of aromatic nitrogens is 1. The lowest BCUT2D eigenvalue weighted by Crippen LogP contribution is -2.51. The second-order valence-corrected chi connectivity index (χ2v) is 6.13. The summed E-state index contributed by atoms with van der Waals surface area (Å²) in [4.78, 5) is 6.89. The lowest BCUT2D eigenvalue weighted by Gasteiger charge is -2.44. The molecule has 2 heterocycles. The molecule has 1 fully saturated rings. The van der Waals surface area contributed by atoms with Gasteiger partial charge in [-0.3, -0.25) is 4.98 Å². The zero-order chi connectivity index (χ0) is 12.8. The SMILES string of the molecule is CC(C)N1CCC2(CC1)c1cnccc1C[C@H]2N. The normalized spacial score (nSPS) is 26.8. The lowest BCUT2D eigenvalue weighted by atomic mass is 9.71. The van der Waals surface area contributed by atoms with Crippen LogP contribution in [-0.2, 0) is 11.8 Å². The van der Waals surface area contributed by atoms with Crippen molar-refractivity contribution in [1.29, 1.82) is 0 Å². The van der Waals surface area contributed by atoms with Crippen molar-refractivity contribution in [2.45, 2.75) is 50.6 Å². The third kappa shape index (κ3) is 1.69. The lowest BCUT2D eigenvalue weighted by molar-refractivity contribution is 0.120. The van der Waals surface area contributed by atoms with E-state index in [4.69, 9.17) is 5.73 Å². The minimum absolute atomic E-state index is 0.203. The Balaban J connectivity index is 1.88. The van der Waals surface area contributed by atoms with Crippen molar-refractivity contribution < 1.29 is 0 Å². The first-order chi connectivity index (χ1) is 8.63. The molecular weight excluding hydrogens is 222 g/mol. The standard InChI is InChI=1S/C15H23N3/c1-11(2)18-7-4-15(5-8-18)13-10-17-6-3-12(13)9-14(15)16/h3,6,10-11,14H,4-5,7-9,16H2,1-2H3/t14-/m1/s1. The van der Waals surface area contributed by atoms with Gasteiger partial charge in [0, 0.05) is 29.9 Å². The average molecular weight is 245 g/mol. The highest BCUT2D eigenvalue weighted by molar-refractivity contribution is 5.41. The Bertz CT molecular complexity index is 433. The molecule has 0 aromatic carbocycles. The molecule has 1 atom stereocenters. The second kappa shape index (κ2) is 4.32. The monoisotopic (exact) mass is 245 g/mol. The first-order valence-electron chi connectivity index (χ1n) is 7.06. The molecule has 1 aromatic rings. The summed E-state index contributed by atoms with van der Waals surface area (Å²) >= 11 is 0. The van der Waals surface area contributed by atoms with Crippen molar-refractivity contribution in [2.24, 2.45) is 5.73 Å². The number of hydrogen-bond donors (Lipinski definition) is 1. The first kappa shape index (κ1) is 12.1. The Morgan fingerprint density at radius 2 is 2.11 bits per heavy atom. The molecule has 1 spiro atoms. The van der Waals surface area contributed by atoms with E-state index in [1.807, 2.05) is 6.20 Å². The van der Waals surface area contributed by atoms with Gasteiger partial charge in [-0.1, -0.05) is 0 Å². The van der Waals surface area contributed by atoms with Crippen LogP contribution in [0.3, 0.4) is 0 Å². The summed E-state index contributed by atoms with van der Waals surface area (Å²) in [7, 11) is 0. The van der Waals surface area contributed by atoms with Crippen molar-refractivity contribution >= 4 is 0 Å². The van der Waals surface area contributed by atoms with E-state index >= 15 is 0 Å². The Morgan fingerprint density at radius 1 is 1.39 bits per heavy atom. The van der Waals surface area contributed by atoms with Gasteiger partial charge in [0.25, 0.3) is 0 Å². The van der Waals surface area contributed by atoms with E-state index in [-0.39, 0.29) is 11.5 Å². The van der Waals surface area contributed by atoms with Crippen LogP contribution in [0.2, 0.25) is 0 Å². The highest BCUT2D eigenvalue weighted by atomic mass is 15.2. The maximum absolute atomic E-state index is 6.47. The molecule has 0 saturated carbocycles. The minimum atomic E-state index is 0.203. The van der Waals surface area contributed by atoms with E-state index in [1.54, 1.807) is 0 Å². The maximum atomic E-state index is 6.47. The van der Waals surface area contributed by atoms with Gasteiger partial charge in [-0.05, 0) is 63.4 Å². The Kier molecular flexibility index (Phi) is 2.91. The van der Waals surface area contributed by atoms with Crippen LogP contribution in [-0.4, -0.2) is 35.1 Å². The van der Waals surface area contributed by atoms with Gasteiger partial charge in [-0.25, -0.2) is 0 Å². The fraction of sp³-hybridized carbons (Fsp3) is 0.667. The summed E-state index contributed by atoms with van der Waals surface area (Å²) in [5.74, 6) is 0. The van der Waals surface area contributed by atoms with E-state index in [1.165, 1.54) is 37.1 Å². The molecule has 2 N–H and O–H groups in total. The molecule has 3 rings (SSSR count). The predicted molar refractivity (Wildman–Crippen MR) is 73.5 cm³/mol. The predicted octanol–water partition coefficient (Wildman–Crippen LogP) is 1.71. The highest BCUT2D eigenvalue weighted by Gasteiger charge is 2.46. The number of nitrogens with zero attached hydrogens (tertiary/aromatic N) is 2. The summed E-state index contributed by atoms with van der Waals surface area (Å²) in [5.41, 5.74) is 9.53. The number of hydrogen-bond acceptors (Lipinski definition) is 3. The molecule has 0 bridgehead atoms. The number of pyridine rings is 1. The summed E-state index contributed by atoms with van der Waals surface area (Å²) in [6.45, 7) is 6.89. The summed E-state index contributed by atoms with van der Waals surface area (Å²) in [6.07, 6.45) is 7.36. The van der Waals surface area contributed by atoms with Gasteiger partial charge in [-0.15, -0.1) is 0 Å². The van der Waals surface area contributed by atoms with Crippen molar-refractivity contribution in [3.05, 3.63) is 29.6 Å². The molecule has 0 amide bonds. The fourth-order valence-corrected chi connectivity index (χ4v) is 3.76. The zero-order valence-corrected chi connectivity index (χ0v) is 11.4. The third-order valence-electron chi connectivity index (χ3n) is 5.02. The molecule has 1 saturated heterocycles. The molecule has 0 unspecified atom stereocenters. The molecule has 1 aliphatic heterocycles. The van der Waals surface area contributed by atoms with Crippen molar-refractivity contribution in [3.63, 3.8) is 0 Å². The molecule has 2 aliphatic rings. The number of rotatable bonds is 1. The maximum Gasteiger partial charge on any atom is 0.0308 e. The van der Waals surface area contributed by atoms with E-state index < -0.39 is 0 Å². The van der Waals surface area contributed by atoms with Gasteiger partial charge in [0.05, 0.1) is 0 Å². The van der Waals surface area contributed by atoms with Gasteiger partial charge >= 0.3 is 0 Å². The molecule has 18 heavy (non-hydrogen) atoms.